The topological polar surface area (TPSA) is 58.6 Å². The summed E-state index contributed by atoms with van der Waals surface area (Å²) in [6.45, 7) is 4.20. The Labute approximate surface area is 163 Å². The Balaban J connectivity index is 1.53. The number of hydrogen-bond donors (Lipinski definition) is 1. The molecule has 0 bridgehead atoms. The summed E-state index contributed by atoms with van der Waals surface area (Å²) >= 11 is 0. The van der Waals surface area contributed by atoms with E-state index in [0.29, 0.717) is 0 Å². The molecule has 3 amide bonds. The molecule has 1 fully saturated rings. The van der Waals surface area contributed by atoms with Gasteiger partial charge in [0.1, 0.15) is 17.9 Å². The molecule has 3 aromatic rings. The Bertz CT molecular complexity index is 1040. The predicted molar refractivity (Wildman–Crippen MR) is 108 cm³/mol. The molecular formula is C23H22N2O3. The zero-order valence-corrected chi connectivity index (χ0v) is 15.9. The van der Waals surface area contributed by atoms with Crippen LogP contribution in [0.2, 0.25) is 0 Å². The zero-order chi connectivity index (χ0) is 19.7. The fraction of sp³-hybridized carbons (Fsp3) is 0.217. The normalized spacial score (nSPS) is 19.1. The van der Waals surface area contributed by atoms with Gasteiger partial charge in [-0.05, 0) is 42.3 Å². The van der Waals surface area contributed by atoms with E-state index in [4.69, 9.17) is 4.74 Å². The molecule has 1 atom stereocenters. The van der Waals surface area contributed by atoms with E-state index in [2.05, 4.69) is 5.32 Å². The number of urea groups is 1. The van der Waals surface area contributed by atoms with Crippen molar-refractivity contribution in [1.82, 2.24) is 10.2 Å². The number of benzene rings is 3. The molecule has 1 unspecified atom stereocenters. The summed E-state index contributed by atoms with van der Waals surface area (Å²) < 4.78 is 5.69. The van der Waals surface area contributed by atoms with E-state index in [0.717, 1.165) is 27.6 Å². The SMILES string of the molecule is Cc1ccc(OCCN2C(=O)NC(C)(c3cccc4ccccc34)C2=O)cc1. The van der Waals surface area contributed by atoms with Crippen molar-refractivity contribution >= 4 is 22.7 Å². The third-order valence-corrected chi connectivity index (χ3v) is 5.21. The van der Waals surface area contributed by atoms with Gasteiger partial charge in [-0.25, -0.2) is 4.79 Å². The third-order valence-electron chi connectivity index (χ3n) is 5.21. The maximum Gasteiger partial charge on any atom is 0.325 e. The standard InChI is InChI=1S/C23H22N2O3/c1-16-10-12-18(13-11-16)28-15-14-25-21(26)23(2,24-22(25)27)20-9-5-7-17-6-3-4-8-19(17)20/h3-13H,14-15H2,1-2H3,(H,24,27). The molecule has 1 saturated heterocycles. The second-order valence-electron chi connectivity index (χ2n) is 7.20. The van der Waals surface area contributed by atoms with E-state index < -0.39 is 11.6 Å². The monoisotopic (exact) mass is 374 g/mol. The number of ether oxygens (including phenoxy) is 1. The minimum Gasteiger partial charge on any atom is -0.492 e. The van der Waals surface area contributed by atoms with Crippen LogP contribution < -0.4 is 10.1 Å². The highest BCUT2D eigenvalue weighted by Gasteiger charge is 2.49. The highest BCUT2D eigenvalue weighted by Crippen LogP contribution is 2.33. The zero-order valence-electron chi connectivity index (χ0n) is 15.9. The number of amides is 3. The molecule has 0 aliphatic carbocycles. The Morgan fingerprint density at radius 2 is 1.68 bits per heavy atom. The van der Waals surface area contributed by atoms with Gasteiger partial charge in [0, 0.05) is 0 Å². The number of fused-ring (bicyclic) bond motifs is 1. The summed E-state index contributed by atoms with van der Waals surface area (Å²) in [5.74, 6) is 0.454. The number of hydrogen-bond acceptors (Lipinski definition) is 3. The minimum absolute atomic E-state index is 0.193. The molecule has 5 nitrogen and oxygen atoms in total. The first-order chi connectivity index (χ1) is 13.5. The Morgan fingerprint density at radius 3 is 2.46 bits per heavy atom. The minimum atomic E-state index is -1.10. The molecule has 28 heavy (non-hydrogen) atoms. The molecule has 1 heterocycles. The molecule has 0 aromatic heterocycles. The lowest BCUT2D eigenvalue weighted by Crippen LogP contribution is -2.41. The molecule has 5 heteroatoms. The van der Waals surface area contributed by atoms with Gasteiger partial charge < -0.3 is 10.1 Å². The summed E-state index contributed by atoms with van der Waals surface area (Å²) in [4.78, 5) is 26.9. The molecule has 0 radical (unpaired) electrons. The van der Waals surface area contributed by atoms with E-state index in [-0.39, 0.29) is 19.1 Å². The van der Waals surface area contributed by atoms with E-state index in [9.17, 15) is 9.59 Å². The predicted octanol–water partition coefficient (Wildman–Crippen LogP) is 3.99. The highest BCUT2D eigenvalue weighted by atomic mass is 16.5. The Morgan fingerprint density at radius 1 is 0.964 bits per heavy atom. The van der Waals surface area contributed by atoms with Gasteiger partial charge >= 0.3 is 6.03 Å². The van der Waals surface area contributed by atoms with Crippen molar-refractivity contribution in [3.8, 4) is 5.75 Å². The van der Waals surface area contributed by atoms with Crippen LogP contribution >= 0.6 is 0 Å². The van der Waals surface area contributed by atoms with Gasteiger partial charge in [-0.2, -0.15) is 0 Å². The van der Waals surface area contributed by atoms with Crippen LogP contribution in [0.25, 0.3) is 10.8 Å². The van der Waals surface area contributed by atoms with Crippen molar-refractivity contribution in [1.29, 1.82) is 0 Å². The van der Waals surface area contributed by atoms with Crippen molar-refractivity contribution in [3.05, 3.63) is 77.9 Å². The number of rotatable bonds is 5. The van der Waals surface area contributed by atoms with Crippen molar-refractivity contribution in [3.63, 3.8) is 0 Å². The lowest BCUT2D eigenvalue weighted by Gasteiger charge is -2.24. The first-order valence-electron chi connectivity index (χ1n) is 9.31. The van der Waals surface area contributed by atoms with E-state index in [1.54, 1.807) is 6.92 Å². The molecule has 0 saturated carbocycles. The van der Waals surface area contributed by atoms with Gasteiger partial charge in [-0.1, -0.05) is 60.2 Å². The molecule has 1 N–H and O–H groups in total. The quantitative estimate of drug-likeness (QED) is 0.687. The molecule has 1 aliphatic rings. The summed E-state index contributed by atoms with van der Waals surface area (Å²) in [7, 11) is 0. The van der Waals surface area contributed by atoms with Gasteiger partial charge in [0.2, 0.25) is 0 Å². The number of carbonyl (C=O) groups excluding carboxylic acids is 2. The maximum atomic E-state index is 13.2. The fourth-order valence-electron chi connectivity index (χ4n) is 3.63. The molecule has 1 aliphatic heterocycles. The summed E-state index contributed by atoms with van der Waals surface area (Å²) in [5.41, 5.74) is 0.847. The fourth-order valence-corrected chi connectivity index (χ4v) is 3.63. The van der Waals surface area contributed by atoms with E-state index in [1.165, 1.54) is 4.90 Å². The molecule has 4 rings (SSSR count). The number of nitrogens with zero attached hydrogens (tertiary/aromatic N) is 1. The van der Waals surface area contributed by atoms with Crippen LogP contribution in [0, 0.1) is 6.92 Å². The summed E-state index contributed by atoms with van der Waals surface area (Å²) in [5, 5.41) is 4.87. The largest absolute Gasteiger partial charge is 0.492 e. The van der Waals surface area contributed by atoms with E-state index in [1.807, 2.05) is 73.7 Å². The van der Waals surface area contributed by atoms with E-state index >= 15 is 0 Å². The second kappa shape index (κ2) is 7.00. The molecule has 3 aromatic carbocycles. The Hall–Kier alpha value is -3.34. The van der Waals surface area contributed by atoms with Gasteiger partial charge in [-0.15, -0.1) is 0 Å². The highest BCUT2D eigenvalue weighted by molar-refractivity contribution is 6.09. The Kier molecular flexibility index (Phi) is 4.51. The smallest absolute Gasteiger partial charge is 0.325 e. The lowest BCUT2D eigenvalue weighted by molar-refractivity contribution is -0.131. The van der Waals surface area contributed by atoms with Crippen molar-refractivity contribution in [2.45, 2.75) is 19.4 Å². The summed E-state index contributed by atoms with van der Waals surface area (Å²) in [6, 6.07) is 20.9. The second-order valence-corrected chi connectivity index (χ2v) is 7.20. The van der Waals surface area contributed by atoms with Crippen LogP contribution in [-0.2, 0) is 10.3 Å². The number of carbonyl (C=O) groups is 2. The molecule has 0 spiro atoms. The van der Waals surface area contributed by atoms with Crippen LogP contribution in [-0.4, -0.2) is 30.0 Å². The third kappa shape index (κ3) is 3.09. The van der Waals surface area contributed by atoms with Crippen molar-refractivity contribution in [2.75, 3.05) is 13.2 Å². The lowest BCUT2D eigenvalue weighted by atomic mass is 9.88. The number of imide groups is 1. The first-order valence-corrected chi connectivity index (χ1v) is 9.31. The molecule has 142 valence electrons. The molecular weight excluding hydrogens is 352 g/mol. The summed E-state index contributed by atoms with van der Waals surface area (Å²) in [6.07, 6.45) is 0. The number of aryl methyl sites for hydroxylation is 1. The number of nitrogens with one attached hydrogen (secondary N) is 1. The van der Waals surface area contributed by atoms with Crippen LogP contribution in [0.15, 0.2) is 66.7 Å². The van der Waals surface area contributed by atoms with Crippen LogP contribution in [0.4, 0.5) is 4.79 Å². The van der Waals surface area contributed by atoms with Crippen LogP contribution in [0.5, 0.6) is 5.75 Å². The van der Waals surface area contributed by atoms with Crippen LogP contribution in [0.3, 0.4) is 0 Å². The maximum absolute atomic E-state index is 13.2. The van der Waals surface area contributed by atoms with Gasteiger partial charge in [0.15, 0.2) is 0 Å². The van der Waals surface area contributed by atoms with Gasteiger partial charge in [-0.3, -0.25) is 9.69 Å². The van der Waals surface area contributed by atoms with Crippen LogP contribution in [0.1, 0.15) is 18.1 Å². The average Bonchev–Trinajstić information content (AvgIpc) is 2.92. The van der Waals surface area contributed by atoms with Gasteiger partial charge in [0.05, 0.1) is 6.54 Å². The van der Waals surface area contributed by atoms with Crippen molar-refractivity contribution < 1.29 is 14.3 Å². The first kappa shape index (κ1) is 18.0. The van der Waals surface area contributed by atoms with Gasteiger partial charge in [0.25, 0.3) is 5.91 Å². The average molecular weight is 374 g/mol. The van der Waals surface area contributed by atoms with Crippen molar-refractivity contribution in [2.24, 2.45) is 0 Å².